The van der Waals surface area contributed by atoms with E-state index in [-0.39, 0.29) is 35.1 Å². The lowest BCUT2D eigenvalue weighted by atomic mass is 9.83. The fourth-order valence-electron chi connectivity index (χ4n) is 3.55. The zero-order valence-electron chi connectivity index (χ0n) is 18.3. The van der Waals surface area contributed by atoms with Crippen LogP contribution in [-0.2, 0) is 14.3 Å². The highest BCUT2D eigenvalue weighted by atomic mass is 32.2. The highest BCUT2D eigenvalue weighted by molar-refractivity contribution is 7.99. The van der Waals surface area contributed by atoms with Crippen LogP contribution in [0.5, 0.6) is 0 Å². The lowest BCUT2D eigenvalue weighted by molar-refractivity contribution is -0.139. The number of aryl methyl sites for hydroxylation is 2. The molecule has 0 bridgehead atoms. The normalized spacial score (nSPS) is 15.5. The van der Waals surface area contributed by atoms with Gasteiger partial charge in [0.2, 0.25) is 5.88 Å². The van der Waals surface area contributed by atoms with Gasteiger partial charge in [0.15, 0.2) is 0 Å². The third-order valence-corrected chi connectivity index (χ3v) is 5.91. The number of hydrogen-bond acceptors (Lipinski definition) is 8. The van der Waals surface area contributed by atoms with Crippen molar-refractivity contribution in [2.45, 2.75) is 31.7 Å². The fraction of sp³-hybridized carbons (Fsp3) is 0.250. The SMILES string of the molecule is CCOC(=O)C1=C(CSc2nc(C)cc(C)c2C#N)OC(N)=C(C#N)[C@H]1c1cccc(F)c1. The van der Waals surface area contributed by atoms with E-state index >= 15 is 0 Å². The van der Waals surface area contributed by atoms with Crippen molar-refractivity contribution >= 4 is 17.7 Å². The molecule has 3 rings (SSSR count). The number of aromatic nitrogens is 1. The average molecular weight is 465 g/mol. The number of benzene rings is 1. The molecular weight excluding hydrogens is 443 g/mol. The number of rotatable bonds is 6. The van der Waals surface area contributed by atoms with E-state index in [0.717, 1.165) is 11.3 Å². The van der Waals surface area contributed by atoms with Crippen molar-refractivity contribution in [3.63, 3.8) is 0 Å². The van der Waals surface area contributed by atoms with Gasteiger partial charge in [0.05, 0.1) is 29.4 Å². The molecule has 7 nitrogen and oxygen atoms in total. The first-order valence-electron chi connectivity index (χ1n) is 10.0. The van der Waals surface area contributed by atoms with Crippen molar-refractivity contribution < 1.29 is 18.7 Å². The van der Waals surface area contributed by atoms with Crippen LogP contribution in [-0.4, -0.2) is 23.3 Å². The first kappa shape index (κ1) is 23.8. The summed E-state index contributed by atoms with van der Waals surface area (Å²) in [5.41, 5.74) is 8.38. The maximum atomic E-state index is 14.0. The lowest BCUT2D eigenvalue weighted by Gasteiger charge is -2.28. The van der Waals surface area contributed by atoms with E-state index in [9.17, 15) is 19.7 Å². The van der Waals surface area contributed by atoms with E-state index in [1.807, 2.05) is 26.0 Å². The molecule has 168 valence electrons. The number of hydrogen-bond donors (Lipinski definition) is 1. The number of carbonyl (C=O) groups is 1. The standard InChI is InChI=1S/C24H21FN4O3S/c1-4-31-24(30)21-19(12-33-23-17(10-26)13(2)8-14(3)29-23)32-22(28)18(11-27)20(21)15-6-5-7-16(25)9-15/h5-9,20H,4,12,28H2,1-3H3/t20-/m1/s1. The largest absolute Gasteiger partial charge is 0.463 e. The van der Waals surface area contributed by atoms with Gasteiger partial charge in [-0.25, -0.2) is 14.2 Å². The average Bonchev–Trinajstić information content (AvgIpc) is 2.76. The van der Waals surface area contributed by atoms with Crippen molar-refractivity contribution in [3.8, 4) is 12.1 Å². The van der Waals surface area contributed by atoms with Gasteiger partial charge >= 0.3 is 5.97 Å². The van der Waals surface area contributed by atoms with Crippen molar-refractivity contribution in [1.29, 1.82) is 10.5 Å². The Balaban J connectivity index is 2.12. The van der Waals surface area contributed by atoms with Gasteiger partial charge in [0.25, 0.3) is 0 Å². The maximum Gasteiger partial charge on any atom is 0.338 e. The van der Waals surface area contributed by atoms with Crippen molar-refractivity contribution in [3.05, 3.63) is 81.3 Å². The van der Waals surface area contributed by atoms with E-state index in [0.29, 0.717) is 16.2 Å². The van der Waals surface area contributed by atoms with Gasteiger partial charge in [-0.2, -0.15) is 10.5 Å². The van der Waals surface area contributed by atoms with Gasteiger partial charge in [0.1, 0.15) is 34.3 Å². The predicted molar refractivity (Wildman–Crippen MR) is 120 cm³/mol. The van der Waals surface area contributed by atoms with Crippen LogP contribution in [0.4, 0.5) is 4.39 Å². The van der Waals surface area contributed by atoms with Crippen LogP contribution in [0, 0.1) is 42.3 Å². The molecule has 33 heavy (non-hydrogen) atoms. The zero-order valence-corrected chi connectivity index (χ0v) is 19.1. The van der Waals surface area contributed by atoms with Crippen LogP contribution >= 0.6 is 11.8 Å². The summed E-state index contributed by atoms with van der Waals surface area (Å²) in [5.74, 6) is -2.11. The fourth-order valence-corrected chi connectivity index (χ4v) is 4.60. The van der Waals surface area contributed by atoms with Crippen molar-refractivity contribution in [2.24, 2.45) is 5.73 Å². The molecule has 1 atom stereocenters. The first-order chi connectivity index (χ1) is 15.8. The molecule has 2 aromatic rings. The molecule has 0 saturated carbocycles. The van der Waals surface area contributed by atoms with Crippen molar-refractivity contribution in [1.82, 2.24) is 4.98 Å². The Morgan fingerprint density at radius 2 is 2.06 bits per heavy atom. The molecule has 0 saturated heterocycles. The third kappa shape index (κ3) is 5.00. The van der Waals surface area contributed by atoms with E-state index in [1.165, 1.54) is 30.0 Å². The topological polar surface area (TPSA) is 122 Å². The molecule has 0 spiro atoms. The second-order valence-corrected chi connectivity index (χ2v) is 8.16. The van der Waals surface area contributed by atoms with Crippen LogP contribution < -0.4 is 5.73 Å². The monoisotopic (exact) mass is 464 g/mol. The molecule has 9 heteroatoms. The Labute approximate surface area is 195 Å². The molecule has 0 amide bonds. The Bertz CT molecular complexity index is 1260. The minimum absolute atomic E-state index is 0.0142. The van der Waals surface area contributed by atoms with Gasteiger partial charge in [0, 0.05) is 5.69 Å². The molecule has 0 fully saturated rings. The van der Waals surface area contributed by atoms with E-state index in [2.05, 4.69) is 11.1 Å². The predicted octanol–water partition coefficient (Wildman–Crippen LogP) is 4.13. The van der Waals surface area contributed by atoms with E-state index < -0.39 is 17.7 Å². The number of halogens is 1. The number of esters is 1. The number of thioether (sulfide) groups is 1. The molecule has 1 aromatic heterocycles. The summed E-state index contributed by atoms with van der Waals surface area (Å²) in [5, 5.41) is 19.7. The van der Waals surface area contributed by atoms with Gasteiger partial charge in [-0.1, -0.05) is 23.9 Å². The summed E-state index contributed by atoms with van der Waals surface area (Å²) in [6.07, 6.45) is 0. The van der Waals surface area contributed by atoms with Gasteiger partial charge in [-0.15, -0.1) is 0 Å². The first-order valence-corrected chi connectivity index (χ1v) is 11.0. The number of carbonyl (C=O) groups excluding carboxylic acids is 1. The summed E-state index contributed by atoms with van der Waals surface area (Å²) in [6, 6.07) is 11.5. The molecule has 1 aromatic carbocycles. The highest BCUT2D eigenvalue weighted by Crippen LogP contribution is 2.41. The highest BCUT2D eigenvalue weighted by Gasteiger charge is 2.38. The van der Waals surface area contributed by atoms with Crippen LogP contribution in [0.15, 0.2) is 58.1 Å². The van der Waals surface area contributed by atoms with Crippen LogP contribution in [0.2, 0.25) is 0 Å². The van der Waals surface area contributed by atoms with Gasteiger partial charge in [-0.3, -0.25) is 0 Å². The maximum absolute atomic E-state index is 14.0. The molecular formula is C24H21FN4O3S. The third-order valence-electron chi connectivity index (χ3n) is 4.94. The number of nitrogens with two attached hydrogens (primary N) is 1. The molecule has 0 unspecified atom stereocenters. The second kappa shape index (κ2) is 10.2. The number of ether oxygens (including phenoxy) is 2. The molecule has 2 heterocycles. The molecule has 0 radical (unpaired) electrons. The van der Waals surface area contributed by atoms with Crippen LogP contribution in [0.1, 0.15) is 35.2 Å². The van der Waals surface area contributed by atoms with Crippen molar-refractivity contribution in [2.75, 3.05) is 12.4 Å². The van der Waals surface area contributed by atoms with Gasteiger partial charge < -0.3 is 15.2 Å². The smallest absolute Gasteiger partial charge is 0.338 e. The summed E-state index contributed by atoms with van der Waals surface area (Å²) in [6.45, 7) is 5.38. The minimum Gasteiger partial charge on any atom is -0.463 e. The quantitative estimate of drug-likeness (QED) is 0.500. The summed E-state index contributed by atoms with van der Waals surface area (Å²) >= 11 is 1.20. The molecule has 1 aliphatic heterocycles. The molecule has 2 N–H and O–H groups in total. The Hall–Kier alpha value is -3.82. The summed E-state index contributed by atoms with van der Waals surface area (Å²) in [4.78, 5) is 17.4. The number of nitriles is 2. The van der Waals surface area contributed by atoms with E-state index in [4.69, 9.17) is 15.2 Å². The lowest BCUT2D eigenvalue weighted by Crippen LogP contribution is -2.27. The zero-order chi connectivity index (χ0) is 24.1. The Kier molecular flexibility index (Phi) is 7.37. The van der Waals surface area contributed by atoms with Crippen LogP contribution in [0.3, 0.4) is 0 Å². The van der Waals surface area contributed by atoms with E-state index in [1.54, 1.807) is 13.0 Å². The Morgan fingerprint density at radius 1 is 1.30 bits per heavy atom. The molecule has 1 aliphatic rings. The van der Waals surface area contributed by atoms with Crippen LogP contribution in [0.25, 0.3) is 0 Å². The minimum atomic E-state index is -0.961. The number of pyridine rings is 1. The molecule has 0 aliphatic carbocycles. The number of allylic oxidation sites excluding steroid dienone is 1. The van der Waals surface area contributed by atoms with Gasteiger partial charge in [-0.05, 0) is 50.1 Å². The second-order valence-electron chi connectivity index (χ2n) is 7.20. The summed E-state index contributed by atoms with van der Waals surface area (Å²) in [7, 11) is 0. The number of nitrogens with zero attached hydrogens (tertiary/aromatic N) is 3. The summed E-state index contributed by atoms with van der Waals surface area (Å²) < 4.78 is 24.9. The Morgan fingerprint density at radius 3 is 2.70 bits per heavy atom.